The highest BCUT2D eigenvalue weighted by molar-refractivity contribution is 6.41. The Bertz CT molecular complexity index is 885. The summed E-state index contributed by atoms with van der Waals surface area (Å²) in [7, 11) is 6.76. The van der Waals surface area contributed by atoms with Crippen LogP contribution in [0.4, 0.5) is 5.69 Å². The number of amides is 2. The summed E-state index contributed by atoms with van der Waals surface area (Å²) < 4.78 is 10.4. The highest BCUT2D eigenvalue weighted by atomic mass is 16.5. The quantitative estimate of drug-likeness (QED) is 0.626. The average Bonchev–Trinajstić information content (AvgIpc) is 2.65. The number of benzene rings is 2. The SMILES string of the molecule is COc1ccc(N2C(=O)/C(=C/N(C)C)c3ccc(OC)cc3C2=O)cc1. The number of hydrogen-bond acceptors (Lipinski definition) is 5. The van der Waals surface area contributed by atoms with E-state index in [1.165, 1.54) is 12.0 Å². The normalized spacial score (nSPS) is 15.1. The van der Waals surface area contributed by atoms with Crippen LogP contribution < -0.4 is 14.4 Å². The number of carbonyl (C=O) groups excluding carboxylic acids is 2. The number of rotatable bonds is 4. The molecule has 2 aromatic carbocycles. The molecule has 0 saturated heterocycles. The Morgan fingerprint density at radius 1 is 0.846 bits per heavy atom. The maximum Gasteiger partial charge on any atom is 0.267 e. The van der Waals surface area contributed by atoms with E-state index >= 15 is 0 Å². The van der Waals surface area contributed by atoms with Gasteiger partial charge in [0.15, 0.2) is 0 Å². The molecule has 0 aliphatic carbocycles. The molecule has 3 rings (SSSR count). The van der Waals surface area contributed by atoms with Crippen molar-refractivity contribution in [3.05, 3.63) is 59.8 Å². The van der Waals surface area contributed by atoms with Crippen LogP contribution in [0.15, 0.2) is 48.7 Å². The maximum atomic E-state index is 13.1. The number of ether oxygens (including phenoxy) is 2. The van der Waals surface area contributed by atoms with Crippen molar-refractivity contribution in [3.8, 4) is 11.5 Å². The van der Waals surface area contributed by atoms with Crippen molar-refractivity contribution in [1.82, 2.24) is 4.90 Å². The van der Waals surface area contributed by atoms with Gasteiger partial charge in [-0.25, -0.2) is 4.90 Å². The Balaban J connectivity index is 2.17. The molecule has 0 spiro atoms. The van der Waals surface area contributed by atoms with Gasteiger partial charge in [0.25, 0.3) is 11.8 Å². The summed E-state index contributed by atoms with van der Waals surface area (Å²) in [4.78, 5) is 29.1. The first-order valence-electron chi connectivity index (χ1n) is 8.05. The second-order valence-corrected chi connectivity index (χ2v) is 6.06. The molecule has 0 atom stereocenters. The standard InChI is InChI=1S/C20H20N2O4/c1-21(2)12-18-16-10-9-15(26-4)11-17(16)19(23)22(20(18)24)13-5-7-14(25-3)8-6-13/h5-12H,1-4H3/b18-12+. The first-order valence-corrected chi connectivity index (χ1v) is 8.05. The molecule has 6 heteroatoms. The van der Waals surface area contributed by atoms with Crippen LogP contribution in [0.2, 0.25) is 0 Å². The smallest absolute Gasteiger partial charge is 0.267 e. The first-order chi connectivity index (χ1) is 12.5. The average molecular weight is 352 g/mol. The molecule has 1 aliphatic heterocycles. The molecule has 2 amide bonds. The van der Waals surface area contributed by atoms with Gasteiger partial charge < -0.3 is 14.4 Å². The van der Waals surface area contributed by atoms with Crippen molar-refractivity contribution in [3.63, 3.8) is 0 Å². The molecule has 0 unspecified atom stereocenters. The fourth-order valence-corrected chi connectivity index (χ4v) is 2.86. The zero-order valence-electron chi connectivity index (χ0n) is 15.1. The van der Waals surface area contributed by atoms with Gasteiger partial charge in [-0.2, -0.15) is 0 Å². The van der Waals surface area contributed by atoms with Gasteiger partial charge in [0.05, 0.1) is 31.0 Å². The Morgan fingerprint density at radius 2 is 1.46 bits per heavy atom. The van der Waals surface area contributed by atoms with E-state index in [0.29, 0.717) is 33.9 Å². The summed E-state index contributed by atoms with van der Waals surface area (Å²) in [5.41, 5.74) is 1.95. The van der Waals surface area contributed by atoms with Gasteiger partial charge in [0.1, 0.15) is 11.5 Å². The molecule has 0 saturated carbocycles. The second-order valence-electron chi connectivity index (χ2n) is 6.06. The lowest BCUT2D eigenvalue weighted by Crippen LogP contribution is -2.42. The van der Waals surface area contributed by atoms with Crippen molar-refractivity contribution in [2.24, 2.45) is 0 Å². The van der Waals surface area contributed by atoms with Gasteiger partial charge in [-0.1, -0.05) is 0 Å². The Kier molecular flexibility index (Phi) is 4.67. The molecule has 134 valence electrons. The minimum absolute atomic E-state index is 0.369. The van der Waals surface area contributed by atoms with Gasteiger partial charge in [-0.15, -0.1) is 0 Å². The summed E-state index contributed by atoms with van der Waals surface area (Å²) in [6.07, 6.45) is 1.72. The lowest BCUT2D eigenvalue weighted by atomic mass is 9.93. The molecule has 0 fully saturated rings. The summed E-state index contributed by atoms with van der Waals surface area (Å²) in [6.45, 7) is 0. The van der Waals surface area contributed by atoms with Crippen molar-refractivity contribution in [2.75, 3.05) is 33.2 Å². The zero-order chi connectivity index (χ0) is 18.8. The minimum Gasteiger partial charge on any atom is -0.497 e. The monoisotopic (exact) mass is 352 g/mol. The fourth-order valence-electron chi connectivity index (χ4n) is 2.86. The summed E-state index contributed by atoms with van der Waals surface area (Å²) in [5.74, 6) is 0.457. The van der Waals surface area contributed by atoms with Crippen LogP contribution in [0.5, 0.6) is 11.5 Å². The molecular weight excluding hydrogens is 332 g/mol. The van der Waals surface area contributed by atoms with E-state index in [9.17, 15) is 9.59 Å². The summed E-state index contributed by atoms with van der Waals surface area (Å²) in [5, 5.41) is 0. The molecule has 1 aliphatic rings. The molecule has 0 N–H and O–H groups in total. The summed E-state index contributed by atoms with van der Waals surface area (Å²) >= 11 is 0. The number of hydrogen-bond donors (Lipinski definition) is 0. The van der Waals surface area contributed by atoms with E-state index in [1.54, 1.807) is 60.7 Å². The maximum absolute atomic E-state index is 13.1. The third-order valence-corrected chi connectivity index (χ3v) is 4.10. The lowest BCUT2D eigenvalue weighted by Gasteiger charge is -2.29. The molecule has 0 radical (unpaired) electrons. The highest BCUT2D eigenvalue weighted by Gasteiger charge is 2.36. The van der Waals surface area contributed by atoms with Crippen molar-refractivity contribution >= 4 is 23.1 Å². The zero-order valence-corrected chi connectivity index (χ0v) is 15.1. The van der Waals surface area contributed by atoms with E-state index < -0.39 is 0 Å². The predicted molar refractivity (Wildman–Crippen MR) is 99.5 cm³/mol. The van der Waals surface area contributed by atoms with Crippen LogP contribution in [0.25, 0.3) is 5.57 Å². The minimum atomic E-state index is -0.384. The topological polar surface area (TPSA) is 59.1 Å². The molecule has 26 heavy (non-hydrogen) atoms. The van der Waals surface area contributed by atoms with E-state index in [0.717, 1.165) is 0 Å². The third kappa shape index (κ3) is 3.01. The molecule has 2 aromatic rings. The van der Waals surface area contributed by atoms with E-state index in [4.69, 9.17) is 9.47 Å². The number of nitrogens with zero attached hydrogens (tertiary/aromatic N) is 2. The van der Waals surface area contributed by atoms with Gasteiger partial charge in [0.2, 0.25) is 0 Å². The van der Waals surface area contributed by atoms with Gasteiger partial charge in [-0.3, -0.25) is 9.59 Å². The van der Waals surface area contributed by atoms with Crippen LogP contribution in [0.1, 0.15) is 15.9 Å². The van der Waals surface area contributed by atoms with E-state index in [-0.39, 0.29) is 11.8 Å². The van der Waals surface area contributed by atoms with Gasteiger partial charge in [-0.05, 0) is 42.5 Å². The van der Waals surface area contributed by atoms with Crippen LogP contribution in [-0.4, -0.2) is 45.0 Å². The Hall–Kier alpha value is -3.28. The molecule has 0 bridgehead atoms. The van der Waals surface area contributed by atoms with Crippen LogP contribution in [0.3, 0.4) is 0 Å². The van der Waals surface area contributed by atoms with Crippen LogP contribution >= 0.6 is 0 Å². The third-order valence-electron chi connectivity index (χ3n) is 4.10. The van der Waals surface area contributed by atoms with Crippen molar-refractivity contribution < 1.29 is 19.1 Å². The van der Waals surface area contributed by atoms with Gasteiger partial charge in [0, 0.05) is 25.9 Å². The van der Waals surface area contributed by atoms with Crippen molar-refractivity contribution in [2.45, 2.75) is 0 Å². The van der Waals surface area contributed by atoms with E-state index in [1.807, 2.05) is 14.1 Å². The first kappa shape index (κ1) is 17.5. The van der Waals surface area contributed by atoms with Gasteiger partial charge >= 0.3 is 0 Å². The predicted octanol–water partition coefficient (Wildman–Crippen LogP) is 2.79. The largest absolute Gasteiger partial charge is 0.497 e. The number of methoxy groups -OCH3 is 2. The highest BCUT2D eigenvalue weighted by Crippen LogP contribution is 2.34. The van der Waals surface area contributed by atoms with Crippen LogP contribution in [-0.2, 0) is 4.79 Å². The lowest BCUT2D eigenvalue weighted by molar-refractivity contribution is -0.112. The Morgan fingerprint density at radius 3 is 2.04 bits per heavy atom. The molecule has 0 aromatic heterocycles. The molecular formula is C20H20N2O4. The molecule has 6 nitrogen and oxygen atoms in total. The number of anilines is 1. The van der Waals surface area contributed by atoms with Crippen molar-refractivity contribution in [1.29, 1.82) is 0 Å². The number of imide groups is 1. The molecule has 1 heterocycles. The second kappa shape index (κ2) is 6.92. The summed E-state index contributed by atoms with van der Waals surface area (Å²) in [6, 6.07) is 11.9. The fraction of sp³-hybridized carbons (Fsp3) is 0.200. The Labute approximate surface area is 152 Å². The number of fused-ring (bicyclic) bond motifs is 1. The van der Waals surface area contributed by atoms with Crippen LogP contribution in [0, 0.1) is 0 Å². The number of carbonyl (C=O) groups is 2. The van der Waals surface area contributed by atoms with E-state index in [2.05, 4.69) is 0 Å².